The highest BCUT2D eigenvalue weighted by atomic mass is 32.2. The van der Waals surface area contributed by atoms with E-state index < -0.39 is 30.2 Å². The molecule has 0 saturated heterocycles. The fourth-order valence-corrected chi connectivity index (χ4v) is 2.98. The van der Waals surface area contributed by atoms with Gasteiger partial charge in [0.1, 0.15) is 5.82 Å². The summed E-state index contributed by atoms with van der Waals surface area (Å²) in [7, 11) is 1.44. The van der Waals surface area contributed by atoms with Crippen molar-refractivity contribution in [2.24, 2.45) is 0 Å². The molecule has 0 unspecified atom stereocenters. The number of likely N-dealkylation sites (N-methyl/N-ethyl adjacent to an activating group) is 1. The predicted octanol–water partition coefficient (Wildman–Crippen LogP) is 2.95. The van der Waals surface area contributed by atoms with Gasteiger partial charge in [0, 0.05) is 23.4 Å². The highest BCUT2D eigenvalue weighted by Gasteiger charge is 2.15. The van der Waals surface area contributed by atoms with Crippen LogP contribution in [0.2, 0.25) is 0 Å². The first-order chi connectivity index (χ1) is 13.4. The van der Waals surface area contributed by atoms with E-state index in [-0.39, 0.29) is 13.0 Å². The number of carbonyl (C=O) groups excluding carboxylic acids is 3. The van der Waals surface area contributed by atoms with Crippen LogP contribution < -0.4 is 5.32 Å². The molecule has 0 fully saturated rings. The number of halogens is 1. The number of esters is 1. The van der Waals surface area contributed by atoms with Gasteiger partial charge >= 0.3 is 5.97 Å². The van der Waals surface area contributed by atoms with Crippen LogP contribution in [-0.4, -0.2) is 48.6 Å². The second-order valence-electron chi connectivity index (χ2n) is 5.88. The van der Waals surface area contributed by atoms with Crippen molar-refractivity contribution in [2.75, 3.05) is 31.3 Å². The number of rotatable bonds is 9. The second kappa shape index (κ2) is 11.1. The zero-order valence-corrected chi connectivity index (χ0v) is 16.2. The molecule has 8 heteroatoms. The summed E-state index contributed by atoms with van der Waals surface area (Å²) in [4.78, 5) is 37.9. The van der Waals surface area contributed by atoms with Gasteiger partial charge in [0.15, 0.2) is 6.61 Å². The molecule has 0 atom stereocenters. The Labute approximate surface area is 167 Å². The first-order valence-electron chi connectivity index (χ1n) is 8.57. The molecule has 1 N–H and O–H groups in total. The molecule has 0 radical (unpaired) electrons. The summed E-state index contributed by atoms with van der Waals surface area (Å²) < 4.78 is 17.8. The van der Waals surface area contributed by atoms with Gasteiger partial charge in [-0.2, -0.15) is 0 Å². The minimum absolute atomic E-state index is 0.182. The fraction of sp³-hybridized carbons (Fsp3) is 0.250. The Hall–Kier alpha value is -2.87. The van der Waals surface area contributed by atoms with Crippen LogP contribution in [0.5, 0.6) is 0 Å². The second-order valence-corrected chi connectivity index (χ2v) is 7.05. The number of thioether (sulfide) groups is 1. The molecule has 0 bridgehead atoms. The minimum Gasteiger partial charge on any atom is -0.456 e. The molecule has 0 spiro atoms. The molecule has 0 aliphatic rings. The van der Waals surface area contributed by atoms with Crippen LogP contribution in [0.4, 0.5) is 10.1 Å². The molecular weight excluding hydrogens is 383 g/mol. The average Bonchev–Trinajstić information content (AvgIpc) is 2.68. The third kappa shape index (κ3) is 7.79. The molecule has 0 aliphatic carbocycles. The average molecular weight is 404 g/mol. The monoisotopic (exact) mass is 404 g/mol. The lowest BCUT2D eigenvalue weighted by atomic mass is 10.3. The van der Waals surface area contributed by atoms with Gasteiger partial charge in [-0.15, -0.1) is 11.8 Å². The standard InChI is InChI=1S/C20H21FN2O4S/c1-23(13-18(24)22-16-9-7-15(21)8-10-16)19(25)14-27-20(26)11-12-28-17-5-3-2-4-6-17/h2-10H,11-14H2,1H3,(H,22,24). The van der Waals surface area contributed by atoms with Crippen molar-refractivity contribution in [2.45, 2.75) is 11.3 Å². The molecule has 2 aromatic carbocycles. The molecule has 0 aliphatic heterocycles. The summed E-state index contributed by atoms with van der Waals surface area (Å²) in [6.45, 7) is -0.632. The Morgan fingerprint density at radius 2 is 1.75 bits per heavy atom. The third-order valence-corrected chi connectivity index (χ3v) is 4.62. The van der Waals surface area contributed by atoms with E-state index in [0.717, 1.165) is 9.80 Å². The molecular formula is C20H21FN2O4S. The van der Waals surface area contributed by atoms with Crippen molar-refractivity contribution in [1.82, 2.24) is 4.90 Å². The molecule has 148 valence electrons. The van der Waals surface area contributed by atoms with E-state index in [0.29, 0.717) is 11.4 Å². The van der Waals surface area contributed by atoms with E-state index in [4.69, 9.17) is 4.74 Å². The maximum absolute atomic E-state index is 12.8. The van der Waals surface area contributed by atoms with Crippen LogP contribution in [0.1, 0.15) is 6.42 Å². The van der Waals surface area contributed by atoms with Crippen molar-refractivity contribution >= 4 is 35.2 Å². The largest absolute Gasteiger partial charge is 0.456 e. The molecule has 2 rings (SSSR count). The molecule has 6 nitrogen and oxygen atoms in total. The number of benzene rings is 2. The maximum atomic E-state index is 12.8. The Bertz CT molecular complexity index is 800. The third-order valence-electron chi connectivity index (χ3n) is 3.61. The number of hydrogen-bond acceptors (Lipinski definition) is 5. The fourth-order valence-electron chi connectivity index (χ4n) is 2.13. The van der Waals surface area contributed by atoms with Crippen molar-refractivity contribution in [3.63, 3.8) is 0 Å². The van der Waals surface area contributed by atoms with Crippen molar-refractivity contribution < 1.29 is 23.5 Å². The van der Waals surface area contributed by atoms with E-state index in [2.05, 4.69) is 5.32 Å². The minimum atomic E-state index is -0.488. The van der Waals surface area contributed by atoms with Crippen LogP contribution in [0.25, 0.3) is 0 Å². The highest BCUT2D eigenvalue weighted by Crippen LogP contribution is 2.17. The van der Waals surface area contributed by atoms with Gasteiger partial charge in [0.2, 0.25) is 5.91 Å². The van der Waals surface area contributed by atoms with E-state index in [1.807, 2.05) is 30.3 Å². The zero-order valence-electron chi connectivity index (χ0n) is 15.4. The molecule has 2 aromatic rings. The van der Waals surface area contributed by atoms with E-state index in [9.17, 15) is 18.8 Å². The zero-order chi connectivity index (χ0) is 20.4. The number of hydrogen-bond donors (Lipinski definition) is 1. The van der Waals surface area contributed by atoms with E-state index in [1.54, 1.807) is 0 Å². The summed E-state index contributed by atoms with van der Waals surface area (Å²) in [5.41, 5.74) is 0.426. The molecule has 0 saturated carbocycles. The summed E-state index contributed by atoms with van der Waals surface area (Å²) in [6, 6.07) is 14.9. The van der Waals surface area contributed by atoms with Crippen LogP contribution >= 0.6 is 11.8 Å². The summed E-state index contributed by atoms with van der Waals surface area (Å²) >= 11 is 1.53. The number of ether oxygens (including phenoxy) is 1. The van der Waals surface area contributed by atoms with Gasteiger partial charge in [-0.25, -0.2) is 4.39 Å². The summed E-state index contributed by atoms with van der Waals surface area (Å²) in [6.07, 6.45) is 0.182. The number of nitrogens with one attached hydrogen (secondary N) is 1. The lowest BCUT2D eigenvalue weighted by Gasteiger charge is -2.16. The predicted molar refractivity (Wildman–Crippen MR) is 105 cm³/mol. The lowest BCUT2D eigenvalue weighted by Crippen LogP contribution is -2.37. The van der Waals surface area contributed by atoms with Crippen molar-refractivity contribution in [3.05, 3.63) is 60.4 Å². The van der Waals surface area contributed by atoms with Crippen molar-refractivity contribution in [1.29, 1.82) is 0 Å². The Balaban J connectivity index is 1.64. The van der Waals surface area contributed by atoms with Gasteiger partial charge < -0.3 is 15.0 Å². The number of carbonyl (C=O) groups is 3. The topological polar surface area (TPSA) is 75.7 Å². The highest BCUT2D eigenvalue weighted by molar-refractivity contribution is 7.99. The van der Waals surface area contributed by atoms with Gasteiger partial charge in [-0.1, -0.05) is 18.2 Å². The molecule has 2 amide bonds. The Kier molecular flexibility index (Phi) is 8.48. The van der Waals surface area contributed by atoms with Crippen LogP contribution in [0.15, 0.2) is 59.5 Å². The SMILES string of the molecule is CN(CC(=O)Nc1ccc(F)cc1)C(=O)COC(=O)CCSc1ccccc1. The van der Waals surface area contributed by atoms with Crippen molar-refractivity contribution in [3.8, 4) is 0 Å². The summed E-state index contributed by atoms with van der Waals surface area (Å²) in [5, 5.41) is 2.55. The maximum Gasteiger partial charge on any atom is 0.307 e. The van der Waals surface area contributed by atoms with Gasteiger partial charge in [0.05, 0.1) is 13.0 Å². The smallest absolute Gasteiger partial charge is 0.307 e. The number of nitrogens with zero attached hydrogens (tertiary/aromatic N) is 1. The van der Waals surface area contributed by atoms with Crippen LogP contribution in [0.3, 0.4) is 0 Å². The van der Waals surface area contributed by atoms with E-state index >= 15 is 0 Å². The van der Waals surface area contributed by atoms with Gasteiger partial charge in [0.25, 0.3) is 5.91 Å². The Morgan fingerprint density at radius 3 is 2.43 bits per heavy atom. The van der Waals surface area contributed by atoms with Crippen LogP contribution in [-0.2, 0) is 19.1 Å². The first-order valence-corrected chi connectivity index (χ1v) is 9.55. The van der Waals surface area contributed by atoms with Gasteiger partial charge in [-0.05, 0) is 36.4 Å². The van der Waals surface area contributed by atoms with Crippen LogP contribution in [0, 0.1) is 5.82 Å². The molecule has 0 heterocycles. The molecule has 28 heavy (non-hydrogen) atoms. The number of amides is 2. The van der Waals surface area contributed by atoms with E-state index in [1.165, 1.54) is 43.1 Å². The lowest BCUT2D eigenvalue weighted by molar-refractivity contribution is -0.151. The summed E-state index contributed by atoms with van der Waals surface area (Å²) in [5.74, 6) is -1.26. The quantitative estimate of drug-likeness (QED) is 0.514. The Morgan fingerprint density at radius 1 is 1.07 bits per heavy atom. The normalized spacial score (nSPS) is 10.2. The first kappa shape index (κ1) is 21.4. The number of anilines is 1. The molecule has 0 aromatic heterocycles. The van der Waals surface area contributed by atoms with Gasteiger partial charge in [-0.3, -0.25) is 14.4 Å².